The van der Waals surface area contributed by atoms with Gasteiger partial charge in [-0.3, -0.25) is 9.47 Å². The third-order valence-corrected chi connectivity index (χ3v) is 5.50. The highest BCUT2D eigenvalue weighted by atomic mass is 32.2. The van der Waals surface area contributed by atoms with Gasteiger partial charge in [-0.05, 0) is 58.6 Å². The summed E-state index contributed by atoms with van der Waals surface area (Å²) >= 11 is 1.63. The lowest BCUT2D eigenvalue weighted by atomic mass is 9.99. The minimum absolute atomic E-state index is 0.0328. The van der Waals surface area contributed by atoms with Crippen molar-refractivity contribution in [1.29, 1.82) is 0 Å². The molecule has 1 aliphatic heterocycles. The van der Waals surface area contributed by atoms with Crippen LogP contribution in [0.2, 0.25) is 0 Å². The third-order valence-electron chi connectivity index (χ3n) is 4.74. The van der Waals surface area contributed by atoms with Crippen LogP contribution in [-0.2, 0) is 11.3 Å². The van der Waals surface area contributed by atoms with Gasteiger partial charge in [0, 0.05) is 28.8 Å². The normalized spacial score (nSPS) is 13.2. The van der Waals surface area contributed by atoms with Gasteiger partial charge in [0.1, 0.15) is 16.9 Å². The lowest BCUT2D eigenvalue weighted by Crippen LogP contribution is -2.44. The van der Waals surface area contributed by atoms with Crippen molar-refractivity contribution in [2.75, 3.05) is 18.4 Å². The Morgan fingerprint density at radius 1 is 1.21 bits per heavy atom. The largest absolute Gasteiger partial charge is 0.496 e. The number of nitrogens with zero attached hydrogens (tertiary/aromatic N) is 2. The van der Waals surface area contributed by atoms with Crippen LogP contribution in [0.1, 0.15) is 50.5 Å². The van der Waals surface area contributed by atoms with Crippen molar-refractivity contribution >= 4 is 17.7 Å². The van der Waals surface area contributed by atoms with E-state index >= 15 is 0 Å². The van der Waals surface area contributed by atoms with E-state index < -0.39 is 11.6 Å². The Kier molecular flexibility index (Phi) is 5.72. The molecule has 0 bridgehead atoms. The first-order chi connectivity index (χ1) is 13.6. The zero-order valence-corrected chi connectivity index (χ0v) is 18.8. The van der Waals surface area contributed by atoms with Crippen LogP contribution in [0.4, 0.5) is 0 Å². The van der Waals surface area contributed by atoms with Crippen molar-refractivity contribution in [3.63, 3.8) is 0 Å². The molecule has 0 atom stereocenters. The monoisotopic (exact) mass is 416 g/mol. The number of aromatic nitrogens is 1. The van der Waals surface area contributed by atoms with Crippen LogP contribution in [0.3, 0.4) is 0 Å². The van der Waals surface area contributed by atoms with E-state index in [1.165, 1.54) is 6.07 Å². The standard InChI is InChI=1S/C22H28N2O4S/c1-13(2)23-11-14-8-20(29-7)19(27-6)9-15(14)17-10-18(25)16(12-24(17)23)21(26)28-22(3,4)5/h8-10,12-13H,11H2,1-7H3. The van der Waals surface area contributed by atoms with Crippen LogP contribution in [0.5, 0.6) is 5.75 Å². The maximum atomic E-state index is 12.8. The van der Waals surface area contributed by atoms with E-state index in [1.807, 2.05) is 17.0 Å². The summed E-state index contributed by atoms with van der Waals surface area (Å²) in [6.45, 7) is 10.2. The predicted octanol–water partition coefficient (Wildman–Crippen LogP) is 4.06. The van der Waals surface area contributed by atoms with Crippen LogP contribution in [-0.4, -0.2) is 35.7 Å². The van der Waals surface area contributed by atoms with E-state index in [9.17, 15) is 9.59 Å². The Balaban J connectivity index is 2.21. The van der Waals surface area contributed by atoms with E-state index in [-0.39, 0.29) is 17.0 Å². The van der Waals surface area contributed by atoms with E-state index in [2.05, 4.69) is 24.9 Å². The van der Waals surface area contributed by atoms with Gasteiger partial charge in [0.05, 0.1) is 19.3 Å². The summed E-state index contributed by atoms with van der Waals surface area (Å²) in [7, 11) is 1.64. The summed E-state index contributed by atoms with van der Waals surface area (Å²) in [6.07, 6.45) is 3.61. The fourth-order valence-corrected chi connectivity index (χ4v) is 4.00. The van der Waals surface area contributed by atoms with Crippen molar-refractivity contribution in [2.45, 2.75) is 57.7 Å². The Hall–Kier alpha value is -2.41. The third kappa shape index (κ3) is 4.15. The van der Waals surface area contributed by atoms with E-state index in [0.717, 1.165) is 27.5 Å². The van der Waals surface area contributed by atoms with Crippen molar-refractivity contribution in [3.05, 3.63) is 45.7 Å². The minimum atomic E-state index is -0.671. The molecule has 7 heteroatoms. The average molecular weight is 417 g/mol. The van der Waals surface area contributed by atoms with Crippen LogP contribution in [0, 0.1) is 0 Å². The molecule has 0 amide bonds. The lowest BCUT2D eigenvalue weighted by molar-refractivity contribution is 0.00671. The molecule has 0 aliphatic carbocycles. The zero-order chi connectivity index (χ0) is 21.5. The second-order valence-electron chi connectivity index (χ2n) is 8.34. The molecular weight excluding hydrogens is 388 g/mol. The fraction of sp³-hybridized carbons (Fsp3) is 0.455. The van der Waals surface area contributed by atoms with Crippen LogP contribution >= 0.6 is 11.8 Å². The summed E-state index contributed by atoms with van der Waals surface area (Å²) in [6, 6.07) is 5.77. The van der Waals surface area contributed by atoms with Gasteiger partial charge in [-0.1, -0.05) is 0 Å². The number of thioether (sulfide) groups is 1. The molecule has 0 spiro atoms. The van der Waals surface area contributed by atoms with E-state index in [0.29, 0.717) is 6.54 Å². The van der Waals surface area contributed by atoms with E-state index in [1.54, 1.807) is 45.8 Å². The number of hydrogen-bond acceptors (Lipinski definition) is 6. The lowest BCUT2D eigenvalue weighted by Gasteiger charge is -2.38. The quantitative estimate of drug-likeness (QED) is 0.553. The number of carbonyl (C=O) groups is 1. The second kappa shape index (κ2) is 7.78. The van der Waals surface area contributed by atoms with Crippen molar-refractivity contribution in [1.82, 2.24) is 4.68 Å². The molecule has 0 saturated carbocycles. The average Bonchev–Trinajstić information content (AvgIpc) is 2.64. The maximum absolute atomic E-state index is 12.8. The van der Waals surface area contributed by atoms with Crippen LogP contribution < -0.4 is 15.2 Å². The van der Waals surface area contributed by atoms with Gasteiger partial charge in [-0.25, -0.2) is 4.79 Å². The number of pyridine rings is 1. The number of hydrogen-bond donors (Lipinski definition) is 0. The van der Waals surface area contributed by atoms with Crippen molar-refractivity contribution in [2.24, 2.45) is 0 Å². The summed E-state index contributed by atoms with van der Waals surface area (Å²) in [5.41, 5.74) is 1.80. The zero-order valence-electron chi connectivity index (χ0n) is 18.0. The fourth-order valence-electron chi connectivity index (χ4n) is 3.40. The number of benzene rings is 1. The smallest absolute Gasteiger partial charge is 0.344 e. The molecule has 2 heterocycles. The summed E-state index contributed by atoms with van der Waals surface area (Å²) in [4.78, 5) is 26.5. The first-order valence-electron chi connectivity index (χ1n) is 9.58. The van der Waals surface area contributed by atoms with Gasteiger partial charge >= 0.3 is 5.97 Å². The summed E-state index contributed by atoms with van der Waals surface area (Å²) in [5.74, 6) is 0.159. The summed E-state index contributed by atoms with van der Waals surface area (Å²) in [5, 5.41) is 2.13. The molecule has 0 unspecified atom stereocenters. The number of methoxy groups -OCH3 is 1. The van der Waals surface area contributed by atoms with Gasteiger partial charge in [-0.2, -0.15) is 0 Å². The summed E-state index contributed by atoms with van der Waals surface area (Å²) < 4.78 is 12.9. The van der Waals surface area contributed by atoms with Crippen molar-refractivity contribution in [3.8, 4) is 17.0 Å². The van der Waals surface area contributed by atoms with Gasteiger partial charge in [0.25, 0.3) is 0 Å². The molecule has 0 N–H and O–H groups in total. The molecule has 0 fully saturated rings. The molecule has 1 aliphatic rings. The highest BCUT2D eigenvalue weighted by Crippen LogP contribution is 2.38. The topological polar surface area (TPSA) is 60.8 Å². The molecule has 2 aromatic rings. The Bertz CT molecular complexity index is 1010. The van der Waals surface area contributed by atoms with Crippen LogP contribution in [0.25, 0.3) is 11.3 Å². The molecule has 3 rings (SSSR count). The highest BCUT2D eigenvalue weighted by Gasteiger charge is 2.28. The van der Waals surface area contributed by atoms with Crippen molar-refractivity contribution < 1.29 is 14.3 Å². The first-order valence-corrected chi connectivity index (χ1v) is 10.8. The molecule has 0 saturated heterocycles. The molecule has 29 heavy (non-hydrogen) atoms. The molecular formula is C22H28N2O4S. The predicted molar refractivity (Wildman–Crippen MR) is 117 cm³/mol. The number of rotatable bonds is 4. The SMILES string of the molecule is COc1cc2c(cc1SC)CN(C(C)C)n1cc(C(=O)OC(C)(C)C)c(=O)cc1-2. The minimum Gasteiger partial charge on any atom is -0.496 e. The Labute approximate surface area is 175 Å². The number of esters is 1. The van der Waals surface area contributed by atoms with Gasteiger partial charge in [0.2, 0.25) is 0 Å². The highest BCUT2D eigenvalue weighted by molar-refractivity contribution is 7.98. The Morgan fingerprint density at radius 2 is 1.90 bits per heavy atom. The van der Waals surface area contributed by atoms with Gasteiger partial charge < -0.3 is 14.5 Å². The maximum Gasteiger partial charge on any atom is 0.344 e. The van der Waals surface area contributed by atoms with E-state index in [4.69, 9.17) is 9.47 Å². The van der Waals surface area contributed by atoms with Crippen LogP contribution in [0.15, 0.2) is 34.1 Å². The number of carbonyl (C=O) groups excluding carboxylic acids is 1. The molecule has 1 aromatic heterocycles. The number of ether oxygens (including phenoxy) is 2. The molecule has 6 nitrogen and oxygen atoms in total. The van der Waals surface area contributed by atoms with Gasteiger partial charge in [0.15, 0.2) is 5.43 Å². The first kappa shape index (κ1) is 21.3. The molecule has 156 valence electrons. The molecule has 1 aromatic carbocycles. The Morgan fingerprint density at radius 3 is 2.45 bits per heavy atom. The second-order valence-corrected chi connectivity index (χ2v) is 9.19. The number of fused-ring (bicyclic) bond motifs is 3. The van der Waals surface area contributed by atoms with Gasteiger partial charge in [-0.15, -0.1) is 11.8 Å². The molecule has 0 radical (unpaired) electrons.